The number of carbonyl (C=O) groups is 1. The Balaban J connectivity index is 0. The van der Waals surface area contributed by atoms with Gasteiger partial charge in [-0.15, -0.1) is 0 Å². The Hall–Kier alpha value is -2.23. The van der Waals surface area contributed by atoms with Gasteiger partial charge in [-0.05, 0) is 43.8 Å². The Labute approximate surface area is 115 Å². The van der Waals surface area contributed by atoms with Gasteiger partial charge in [0.25, 0.3) is 5.97 Å². The number of hydrogen-bond donors (Lipinski definition) is 2. The molecule has 0 aliphatic heterocycles. The second-order valence-corrected chi connectivity index (χ2v) is 3.21. The summed E-state index contributed by atoms with van der Waals surface area (Å²) in [5.41, 5.74) is 0. The maximum absolute atomic E-state index is 9.00. The molecule has 19 heavy (non-hydrogen) atoms. The van der Waals surface area contributed by atoms with E-state index in [2.05, 4.69) is 23.7 Å². The van der Waals surface area contributed by atoms with E-state index < -0.39 is 5.97 Å². The lowest BCUT2D eigenvalue weighted by Gasteiger charge is -1.84. The lowest BCUT2D eigenvalue weighted by Crippen LogP contribution is -1.78. The van der Waals surface area contributed by atoms with Crippen molar-refractivity contribution in [2.45, 2.75) is 26.7 Å². The first-order valence-corrected chi connectivity index (χ1v) is 5.89. The summed E-state index contributed by atoms with van der Waals surface area (Å²) in [6.07, 6.45) is 12.9. The van der Waals surface area contributed by atoms with Crippen molar-refractivity contribution in [3.05, 3.63) is 36.5 Å². The van der Waals surface area contributed by atoms with E-state index in [-0.39, 0.29) is 6.61 Å². The van der Waals surface area contributed by atoms with E-state index in [0.29, 0.717) is 0 Å². The molecule has 0 bridgehead atoms. The predicted octanol–water partition coefficient (Wildman–Crippen LogP) is 2.55. The topological polar surface area (TPSA) is 57.5 Å². The van der Waals surface area contributed by atoms with Crippen LogP contribution in [0, 0.1) is 23.7 Å². The molecule has 0 saturated carbocycles. The largest absolute Gasteiger partial charge is 0.481 e. The second-order valence-electron chi connectivity index (χ2n) is 3.21. The molecule has 0 rings (SSSR count). The van der Waals surface area contributed by atoms with Gasteiger partial charge in [-0.3, -0.25) is 4.79 Å². The zero-order valence-corrected chi connectivity index (χ0v) is 11.4. The van der Waals surface area contributed by atoms with Crippen LogP contribution in [0.2, 0.25) is 0 Å². The standard InChI is InChI=1S/C14H16O.C2H4O2/c1-2-3-4-5-6-7-8-9-10-11-12-13-14-15;1-2(3)4/h2-3,8-11,15H,12-14H2,1H3;1H3,(H,3,4). The lowest BCUT2D eigenvalue weighted by molar-refractivity contribution is -0.134. The Morgan fingerprint density at radius 1 is 1.16 bits per heavy atom. The highest BCUT2D eigenvalue weighted by Gasteiger charge is 1.75. The first-order chi connectivity index (χ1) is 9.15. The highest BCUT2D eigenvalue weighted by Crippen LogP contribution is 1.88. The first kappa shape index (κ1) is 19.1. The molecule has 0 aliphatic rings. The number of rotatable bonds is 4. The fourth-order valence-corrected chi connectivity index (χ4v) is 0.726. The van der Waals surface area contributed by atoms with E-state index >= 15 is 0 Å². The molecule has 3 nitrogen and oxygen atoms in total. The van der Waals surface area contributed by atoms with Crippen LogP contribution in [-0.2, 0) is 4.79 Å². The molecule has 0 aromatic heterocycles. The molecule has 102 valence electrons. The Kier molecular flexibility index (Phi) is 18.3. The van der Waals surface area contributed by atoms with Crippen molar-refractivity contribution in [2.75, 3.05) is 6.61 Å². The van der Waals surface area contributed by atoms with Gasteiger partial charge in [-0.25, -0.2) is 0 Å². The predicted molar refractivity (Wildman–Crippen MR) is 78.3 cm³/mol. The second kappa shape index (κ2) is 18.1. The Morgan fingerprint density at radius 2 is 1.74 bits per heavy atom. The monoisotopic (exact) mass is 260 g/mol. The molecule has 0 aliphatic carbocycles. The van der Waals surface area contributed by atoms with E-state index in [1.807, 2.05) is 31.2 Å². The molecule has 0 heterocycles. The summed E-state index contributed by atoms with van der Waals surface area (Å²) in [5, 5.41) is 15.9. The molecule has 0 amide bonds. The maximum Gasteiger partial charge on any atom is 0.300 e. The van der Waals surface area contributed by atoms with Gasteiger partial charge in [0.2, 0.25) is 0 Å². The van der Waals surface area contributed by atoms with Gasteiger partial charge < -0.3 is 10.2 Å². The minimum absolute atomic E-state index is 0.244. The van der Waals surface area contributed by atoms with E-state index in [4.69, 9.17) is 15.0 Å². The number of aliphatic hydroxyl groups excluding tert-OH is 1. The molecule has 3 heteroatoms. The fourth-order valence-electron chi connectivity index (χ4n) is 0.726. The van der Waals surface area contributed by atoms with Gasteiger partial charge in [0.15, 0.2) is 0 Å². The van der Waals surface area contributed by atoms with E-state index in [0.717, 1.165) is 19.8 Å². The average Bonchev–Trinajstić information content (AvgIpc) is 2.35. The van der Waals surface area contributed by atoms with Crippen LogP contribution >= 0.6 is 0 Å². The van der Waals surface area contributed by atoms with Crippen molar-refractivity contribution < 1.29 is 15.0 Å². The van der Waals surface area contributed by atoms with Crippen LogP contribution in [-0.4, -0.2) is 22.8 Å². The maximum atomic E-state index is 9.00. The van der Waals surface area contributed by atoms with Crippen molar-refractivity contribution in [1.29, 1.82) is 0 Å². The number of carboxylic acid groups (broad SMARTS) is 1. The SMILES string of the molecule is CC(=O)O.CC=CC#CC#CC=CC=CCCCO. The Morgan fingerprint density at radius 3 is 2.26 bits per heavy atom. The summed E-state index contributed by atoms with van der Waals surface area (Å²) in [7, 11) is 0. The smallest absolute Gasteiger partial charge is 0.300 e. The van der Waals surface area contributed by atoms with Crippen LogP contribution in [0.1, 0.15) is 26.7 Å². The van der Waals surface area contributed by atoms with E-state index in [1.54, 1.807) is 12.2 Å². The van der Waals surface area contributed by atoms with Gasteiger partial charge in [0.1, 0.15) is 0 Å². The van der Waals surface area contributed by atoms with Crippen LogP contribution in [0.25, 0.3) is 0 Å². The quantitative estimate of drug-likeness (QED) is 0.464. The number of aliphatic carboxylic acids is 1. The number of unbranched alkanes of at least 4 members (excludes halogenated alkanes) is 1. The van der Waals surface area contributed by atoms with Gasteiger partial charge in [0.05, 0.1) is 0 Å². The van der Waals surface area contributed by atoms with Crippen LogP contribution in [0.5, 0.6) is 0 Å². The van der Waals surface area contributed by atoms with Crippen LogP contribution in [0.4, 0.5) is 0 Å². The zero-order chi connectivity index (χ0) is 14.8. The average molecular weight is 260 g/mol. The molecule has 0 spiro atoms. The minimum atomic E-state index is -0.833. The number of hydrogen-bond acceptors (Lipinski definition) is 2. The zero-order valence-electron chi connectivity index (χ0n) is 11.4. The van der Waals surface area contributed by atoms with Gasteiger partial charge in [-0.2, -0.15) is 0 Å². The van der Waals surface area contributed by atoms with Crippen molar-refractivity contribution in [3.63, 3.8) is 0 Å². The third-order valence-electron chi connectivity index (χ3n) is 1.41. The third kappa shape index (κ3) is 31.3. The summed E-state index contributed by atoms with van der Waals surface area (Å²) in [5.74, 6) is 10.1. The number of aliphatic hydroxyl groups is 1. The molecule has 2 N–H and O–H groups in total. The van der Waals surface area contributed by atoms with Crippen molar-refractivity contribution in [1.82, 2.24) is 0 Å². The van der Waals surface area contributed by atoms with Crippen LogP contribution < -0.4 is 0 Å². The fraction of sp³-hybridized carbons (Fsp3) is 0.312. The highest BCUT2D eigenvalue weighted by atomic mass is 16.4. The molecule has 0 radical (unpaired) electrons. The lowest BCUT2D eigenvalue weighted by atomic mass is 10.3. The normalized spacial score (nSPS) is 9.42. The van der Waals surface area contributed by atoms with Crippen LogP contribution in [0.15, 0.2) is 36.5 Å². The summed E-state index contributed by atoms with van der Waals surface area (Å²) in [6.45, 7) is 3.24. The minimum Gasteiger partial charge on any atom is -0.481 e. The molecular formula is C16H20O3. The summed E-state index contributed by atoms with van der Waals surface area (Å²) >= 11 is 0. The summed E-state index contributed by atoms with van der Waals surface area (Å²) in [4.78, 5) is 9.00. The molecular weight excluding hydrogens is 240 g/mol. The molecule has 0 fully saturated rings. The van der Waals surface area contributed by atoms with Gasteiger partial charge in [0, 0.05) is 13.5 Å². The van der Waals surface area contributed by atoms with Gasteiger partial charge in [-0.1, -0.05) is 36.1 Å². The summed E-state index contributed by atoms with van der Waals surface area (Å²) in [6, 6.07) is 0. The summed E-state index contributed by atoms with van der Waals surface area (Å²) < 4.78 is 0. The van der Waals surface area contributed by atoms with Crippen molar-refractivity contribution >= 4 is 5.97 Å². The van der Waals surface area contributed by atoms with Crippen molar-refractivity contribution in [3.8, 4) is 23.7 Å². The number of allylic oxidation sites excluding steroid dienone is 6. The Bertz CT molecular complexity index is 416. The third-order valence-corrected chi connectivity index (χ3v) is 1.41. The molecule has 0 saturated heterocycles. The molecule has 0 aromatic carbocycles. The van der Waals surface area contributed by atoms with Gasteiger partial charge >= 0.3 is 0 Å². The van der Waals surface area contributed by atoms with Crippen molar-refractivity contribution in [2.24, 2.45) is 0 Å². The first-order valence-electron chi connectivity index (χ1n) is 5.89. The van der Waals surface area contributed by atoms with E-state index in [9.17, 15) is 0 Å². The number of carboxylic acids is 1. The highest BCUT2D eigenvalue weighted by molar-refractivity contribution is 5.62. The van der Waals surface area contributed by atoms with Crippen LogP contribution in [0.3, 0.4) is 0 Å². The molecule has 0 aromatic rings. The molecule has 0 unspecified atom stereocenters. The van der Waals surface area contributed by atoms with E-state index in [1.165, 1.54) is 0 Å². The molecule has 0 atom stereocenters.